The maximum atomic E-state index is 12.3. The Morgan fingerprint density at radius 2 is 1.95 bits per heavy atom. The second kappa shape index (κ2) is 6.19. The highest BCUT2D eigenvalue weighted by Gasteiger charge is 2.37. The van der Waals surface area contributed by atoms with Gasteiger partial charge in [0, 0.05) is 24.5 Å². The lowest BCUT2D eigenvalue weighted by atomic mass is 9.78. The molecule has 0 aliphatic carbocycles. The smallest absolute Gasteiger partial charge is 0.232 e. The third-order valence-electron chi connectivity index (χ3n) is 4.61. The first-order valence-corrected chi connectivity index (χ1v) is 8.42. The fraction of sp³-hybridized carbons (Fsp3) is 0.562. The summed E-state index contributed by atoms with van der Waals surface area (Å²) in [4.78, 5) is 15.5. The van der Waals surface area contributed by atoms with Crippen LogP contribution in [0.2, 0.25) is 0 Å². The quantitative estimate of drug-likeness (QED) is 0.868. The first-order valence-electron chi connectivity index (χ1n) is 7.44. The van der Waals surface area contributed by atoms with Gasteiger partial charge in [0.2, 0.25) is 5.91 Å². The van der Waals surface area contributed by atoms with Gasteiger partial charge in [0.15, 0.2) is 0 Å². The number of hydrogen-bond donors (Lipinski definition) is 1. The summed E-state index contributed by atoms with van der Waals surface area (Å²) in [6.07, 6.45) is 3.62. The highest BCUT2D eigenvalue weighted by molar-refractivity contribution is 8.00. The number of amides is 1. The Morgan fingerprint density at radius 1 is 1.20 bits per heavy atom. The molecule has 20 heavy (non-hydrogen) atoms. The summed E-state index contributed by atoms with van der Waals surface area (Å²) in [6, 6.07) is 10.2. The Balaban J connectivity index is 1.47. The lowest BCUT2D eigenvalue weighted by Gasteiger charge is -2.38. The van der Waals surface area contributed by atoms with E-state index >= 15 is 0 Å². The van der Waals surface area contributed by atoms with Gasteiger partial charge < -0.3 is 10.2 Å². The number of thioether (sulfide) groups is 1. The molecule has 108 valence electrons. The van der Waals surface area contributed by atoms with Crippen LogP contribution in [0.4, 0.5) is 0 Å². The molecule has 2 fully saturated rings. The molecule has 1 aromatic carbocycles. The van der Waals surface area contributed by atoms with Gasteiger partial charge in [-0.15, -0.1) is 11.8 Å². The SMILES string of the molecule is O=C(CSc1ccccc1)N1CCC2(CCNC2)CC1. The Hall–Kier alpha value is -1.00. The van der Waals surface area contributed by atoms with Gasteiger partial charge in [0.05, 0.1) is 5.75 Å². The van der Waals surface area contributed by atoms with Gasteiger partial charge in [-0.05, 0) is 43.4 Å². The first-order chi connectivity index (χ1) is 9.77. The third-order valence-corrected chi connectivity index (χ3v) is 5.61. The average molecular weight is 290 g/mol. The maximum absolute atomic E-state index is 12.3. The van der Waals surface area contributed by atoms with Gasteiger partial charge in [-0.2, -0.15) is 0 Å². The van der Waals surface area contributed by atoms with Gasteiger partial charge in [0.1, 0.15) is 0 Å². The summed E-state index contributed by atoms with van der Waals surface area (Å²) < 4.78 is 0. The van der Waals surface area contributed by atoms with Crippen LogP contribution in [0.25, 0.3) is 0 Å². The molecule has 1 N–H and O–H groups in total. The van der Waals surface area contributed by atoms with E-state index in [9.17, 15) is 4.79 Å². The minimum atomic E-state index is 0.291. The van der Waals surface area contributed by atoms with Gasteiger partial charge in [-0.3, -0.25) is 4.79 Å². The Morgan fingerprint density at radius 3 is 2.60 bits per heavy atom. The number of likely N-dealkylation sites (tertiary alicyclic amines) is 1. The standard InChI is InChI=1S/C16H22N2OS/c19-15(12-20-14-4-2-1-3-5-14)18-10-7-16(8-11-18)6-9-17-13-16/h1-5,17H,6-13H2. The molecule has 2 aliphatic rings. The average Bonchev–Trinajstić information content (AvgIpc) is 2.95. The van der Waals surface area contributed by atoms with Crippen LogP contribution < -0.4 is 5.32 Å². The Bertz CT molecular complexity index is 447. The van der Waals surface area contributed by atoms with Crippen LogP contribution in [0, 0.1) is 5.41 Å². The molecule has 0 bridgehead atoms. The Kier molecular flexibility index (Phi) is 4.32. The molecule has 2 heterocycles. The summed E-state index contributed by atoms with van der Waals surface area (Å²) in [5, 5.41) is 3.47. The zero-order chi connectivity index (χ0) is 13.8. The molecule has 0 radical (unpaired) electrons. The molecule has 2 aliphatic heterocycles. The summed E-state index contributed by atoms with van der Waals surface area (Å²) in [7, 11) is 0. The largest absolute Gasteiger partial charge is 0.342 e. The second-order valence-corrected chi connectivity index (χ2v) is 6.96. The number of rotatable bonds is 3. The van der Waals surface area contributed by atoms with Crippen LogP contribution in [0.1, 0.15) is 19.3 Å². The minimum absolute atomic E-state index is 0.291. The van der Waals surface area contributed by atoms with Crippen molar-refractivity contribution in [3.63, 3.8) is 0 Å². The predicted octanol–water partition coefficient (Wildman–Crippen LogP) is 2.38. The van der Waals surface area contributed by atoms with Crippen molar-refractivity contribution in [3.05, 3.63) is 30.3 Å². The van der Waals surface area contributed by atoms with E-state index in [1.165, 1.54) is 24.2 Å². The van der Waals surface area contributed by atoms with E-state index in [0.717, 1.165) is 26.2 Å². The molecule has 3 rings (SSSR count). The van der Waals surface area contributed by atoms with Crippen molar-refractivity contribution in [2.75, 3.05) is 31.9 Å². The zero-order valence-electron chi connectivity index (χ0n) is 11.8. The number of hydrogen-bond acceptors (Lipinski definition) is 3. The number of carbonyl (C=O) groups excluding carboxylic acids is 1. The molecule has 0 atom stereocenters. The van der Waals surface area contributed by atoms with Gasteiger partial charge >= 0.3 is 0 Å². The van der Waals surface area contributed by atoms with Crippen LogP contribution in [-0.4, -0.2) is 42.7 Å². The van der Waals surface area contributed by atoms with Crippen molar-refractivity contribution in [1.29, 1.82) is 0 Å². The molecule has 2 saturated heterocycles. The van der Waals surface area contributed by atoms with E-state index in [4.69, 9.17) is 0 Å². The van der Waals surface area contributed by atoms with E-state index < -0.39 is 0 Å². The molecule has 1 aromatic rings. The number of piperidine rings is 1. The lowest BCUT2D eigenvalue weighted by Crippen LogP contribution is -2.44. The van der Waals surface area contributed by atoms with E-state index in [1.807, 2.05) is 18.2 Å². The second-order valence-electron chi connectivity index (χ2n) is 5.91. The molecule has 0 unspecified atom stereocenters. The van der Waals surface area contributed by atoms with E-state index in [1.54, 1.807) is 11.8 Å². The van der Waals surface area contributed by atoms with Gasteiger partial charge in [0.25, 0.3) is 0 Å². The number of nitrogens with one attached hydrogen (secondary N) is 1. The topological polar surface area (TPSA) is 32.3 Å². The van der Waals surface area contributed by atoms with Crippen molar-refractivity contribution in [2.45, 2.75) is 24.2 Å². The molecular weight excluding hydrogens is 268 g/mol. The predicted molar refractivity (Wildman–Crippen MR) is 82.9 cm³/mol. The highest BCUT2D eigenvalue weighted by atomic mass is 32.2. The van der Waals surface area contributed by atoms with Crippen LogP contribution in [-0.2, 0) is 4.79 Å². The van der Waals surface area contributed by atoms with E-state index in [0.29, 0.717) is 17.1 Å². The normalized spacial score (nSPS) is 21.3. The molecule has 1 amide bonds. The zero-order valence-corrected chi connectivity index (χ0v) is 12.6. The van der Waals surface area contributed by atoms with E-state index in [2.05, 4.69) is 22.3 Å². The fourth-order valence-corrected chi connectivity index (χ4v) is 4.03. The monoisotopic (exact) mass is 290 g/mol. The molecule has 3 nitrogen and oxygen atoms in total. The van der Waals surface area contributed by atoms with Crippen molar-refractivity contribution in [2.24, 2.45) is 5.41 Å². The number of carbonyl (C=O) groups is 1. The van der Waals surface area contributed by atoms with Crippen molar-refractivity contribution in [3.8, 4) is 0 Å². The molecule has 0 saturated carbocycles. The van der Waals surface area contributed by atoms with Crippen molar-refractivity contribution < 1.29 is 4.79 Å². The first kappa shape index (κ1) is 14.0. The van der Waals surface area contributed by atoms with Crippen LogP contribution >= 0.6 is 11.8 Å². The third kappa shape index (κ3) is 3.18. The Labute approximate surface area is 125 Å². The van der Waals surface area contributed by atoms with Crippen LogP contribution in [0.5, 0.6) is 0 Å². The molecule has 1 spiro atoms. The number of benzene rings is 1. The lowest BCUT2D eigenvalue weighted by molar-refractivity contribution is -0.130. The molecule has 4 heteroatoms. The minimum Gasteiger partial charge on any atom is -0.342 e. The van der Waals surface area contributed by atoms with Gasteiger partial charge in [-0.25, -0.2) is 0 Å². The van der Waals surface area contributed by atoms with Crippen molar-refractivity contribution in [1.82, 2.24) is 10.2 Å². The van der Waals surface area contributed by atoms with Gasteiger partial charge in [-0.1, -0.05) is 18.2 Å². The number of nitrogens with zero attached hydrogens (tertiary/aromatic N) is 1. The summed E-state index contributed by atoms with van der Waals surface area (Å²) in [6.45, 7) is 4.18. The highest BCUT2D eigenvalue weighted by Crippen LogP contribution is 2.37. The van der Waals surface area contributed by atoms with Crippen LogP contribution in [0.15, 0.2) is 35.2 Å². The molecular formula is C16H22N2OS. The fourth-order valence-electron chi connectivity index (χ4n) is 3.21. The summed E-state index contributed by atoms with van der Waals surface area (Å²) in [5.74, 6) is 0.856. The molecule has 0 aromatic heterocycles. The summed E-state index contributed by atoms with van der Waals surface area (Å²) in [5.41, 5.74) is 0.489. The van der Waals surface area contributed by atoms with E-state index in [-0.39, 0.29) is 0 Å². The maximum Gasteiger partial charge on any atom is 0.232 e. The van der Waals surface area contributed by atoms with Crippen molar-refractivity contribution >= 4 is 17.7 Å². The summed E-state index contributed by atoms with van der Waals surface area (Å²) >= 11 is 1.64. The van der Waals surface area contributed by atoms with Crippen LogP contribution in [0.3, 0.4) is 0 Å².